The Balaban J connectivity index is 1.72. The zero-order valence-electron chi connectivity index (χ0n) is 11.4. The third-order valence-electron chi connectivity index (χ3n) is 3.82. The molecule has 104 valence electrons. The van der Waals surface area contributed by atoms with Crippen molar-refractivity contribution in [2.45, 2.75) is 32.3 Å². The molecule has 3 rings (SSSR count). The zero-order valence-corrected chi connectivity index (χ0v) is 12.1. The van der Waals surface area contributed by atoms with Crippen LogP contribution in [0.3, 0.4) is 0 Å². The fourth-order valence-corrected chi connectivity index (χ4v) is 2.84. The maximum atomic E-state index is 5.93. The second-order valence-electron chi connectivity index (χ2n) is 5.27. The van der Waals surface area contributed by atoms with Gasteiger partial charge in [-0.15, -0.1) is 0 Å². The van der Waals surface area contributed by atoms with Gasteiger partial charge in [-0.1, -0.05) is 23.7 Å². The van der Waals surface area contributed by atoms with E-state index < -0.39 is 0 Å². The summed E-state index contributed by atoms with van der Waals surface area (Å²) in [5.74, 6) is 0.917. The highest BCUT2D eigenvalue weighted by Gasteiger charge is 2.10. The second-order valence-corrected chi connectivity index (χ2v) is 5.71. The standard InChI is InChI=1S/C17H18ClNO/c18-15-7-5-14(17(19)10-15)11-20-16-8-6-12-3-1-2-4-13(12)9-16/h5-10H,1-4,11,19H2. The number of hydrogen-bond acceptors (Lipinski definition) is 2. The molecular formula is C17H18ClNO. The van der Waals surface area contributed by atoms with Gasteiger partial charge in [0.1, 0.15) is 12.4 Å². The summed E-state index contributed by atoms with van der Waals surface area (Å²) >= 11 is 5.89. The number of benzene rings is 2. The van der Waals surface area contributed by atoms with Gasteiger partial charge in [0.05, 0.1) is 0 Å². The minimum absolute atomic E-state index is 0.474. The molecule has 0 bridgehead atoms. The Hall–Kier alpha value is -1.67. The molecule has 2 N–H and O–H groups in total. The molecule has 2 nitrogen and oxygen atoms in total. The first kappa shape index (κ1) is 13.3. The van der Waals surface area contributed by atoms with Crippen LogP contribution in [0.4, 0.5) is 5.69 Å². The van der Waals surface area contributed by atoms with Crippen molar-refractivity contribution < 1.29 is 4.74 Å². The van der Waals surface area contributed by atoms with Gasteiger partial charge in [-0.05, 0) is 61.1 Å². The third-order valence-corrected chi connectivity index (χ3v) is 4.06. The highest BCUT2D eigenvalue weighted by molar-refractivity contribution is 6.30. The fraction of sp³-hybridized carbons (Fsp3) is 0.294. The lowest BCUT2D eigenvalue weighted by Crippen LogP contribution is -2.04. The van der Waals surface area contributed by atoms with Crippen LogP contribution in [-0.2, 0) is 19.4 Å². The van der Waals surface area contributed by atoms with Gasteiger partial charge in [0, 0.05) is 16.3 Å². The van der Waals surface area contributed by atoms with Crippen LogP contribution in [0.2, 0.25) is 5.02 Å². The van der Waals surface area contributed by atoms with Gasteiger partial charge >= 0.3 is 0 Å². The lowest BCUT2D eigenvalue weighted by Gasteiger charge is -2.17. The number of halogens is 1. The predicted octanol–water partition coefficient (Wildman–Crippen LogP) is 4.38. The molecule has 0 aromatic heterocycles. The van der Waals surface area contributed by atoms with Crippen molar-refractivity contribution in [2.75, 3.05) is 5.73 Å². The summed E-state index contributed by atoms with van der Waals surface area (Å²) in [5.41, 5.74) is 10.5. The van der Waals surface area contributed by atoms with E-state index in [2.05, 4.69) is 18.2 Å². The number of ether oxygens (including phenoxy) is 1. The van der Waals surface area contributed by atoms with E-state index in [0.29, 0.717) is 17.3 Å². The molecule has 0 saturated carbocycles. The molecule has 1 aliphatic carbocycles. The molecule has 0 unspecified atom stereocenters. The number of aryl methyl sites for hydroxylation is 2. The van der Waals surface area contributed by atoms with Crippen molar-refractivity contribution in [3.8, 4) is 5.75 Å². The summed E-state index contributed by atoms with van der Waals surface area (Å²) in [6.07, 6.45) is 4.93. The largest absolute Gasteiger partial charge is 0.489 e. The number of hydrogen-bond donors (Lipinski definition) is 1. The molecule has 2 aromatic carbocycles. The van der Waals surface area contributed by atoms with E-state index in [1.807, 2.05) is 12.1 Å². The van der Waals surface area contributed by atoms with E-state index in [9.17, 15) is 0 Å². The van der Waals surface area contributed by atoms with Gasteiger partial charge in [0.25, 0.3) is 0 Å². The summed E-state index contributed by atoms with van der Waals surface area (Å²) < 4.78 is 5.86. The van der Waals surface area contributed by atoms with Crippen molar-refractivity contribution >= 4 is 17.3 Å². The highest BCUT2D eigenvalue weighted by Crippen LogP contribution is 2.26. The van der Waals surface area contributed by atoms with Crippen molar-refractivity contribution in [3.05, 3.63) is 58.1 Å². The molecule has 20 heavy (non-hydrogen) atoms. The molecule has 0 heterocycles. The molecule has 0 fully saturated rings. The van der Waals surface area contributed by atoms with Gasteiger partial charge < -0.3 is 10.5 Å². The average molecular weight is 288 g/mol. The maximum Gasteiger partial charge on any atom is 0.120 e. The van der Waals surface area contributed by atoms with Crippen LogP contribution in [0, 0.1) is 0 Å². The van der Waals surface area contributed by atoms with Gasteiger partial charge in [0.15, 0.2) is 0 Å². The molecule has 2 aromatic rings. The Labute approximate surface area is 124 Å². The minimum Gasteiger partial charge on any atom is -0.489 e. The predicted molar refractivity (Wildman–Crippen MR) is 83.3 cm³/mol. The van der Waals surface area contributed by atoms with E-state index >= 15 is 0 Å². The topological polar surface area (TPSA) is 35.2 Å². The summed E-state index contributed by atoms with van der Waals surface area (Å²) in [6, 6.07) is 11.9. The van der Waals surface area contributed by atoms with Crippen molar-refractivity contribution in [1.29, 1.82) is 0 Å². The lowest BCUT2D eigenvalue weighted by molar-refractivity contribution is 0.306. The van der Waals surface area contributed by atoms with E-state index in [1.54, 1.807) is 6.07 Å². The molecule has 3 heteroatoms. The minimum atomic E-state index is 0.474. The highest BCUT2D eigenvalue weighted by atomic mass is 35.5. The number of nitrogen functional groups attached to an aromatic ring is 1. The van der Waals surface area contributed by atoms with Crippen LogP contribution in [0.25, 0.3) is 0 Å². The Morgan fingerprint density at radius 1 is 1.00 bits per heavy atom. The Morgan fingerprint density at radius 2 is 1.80 bits per heavy atom. The van der Waals surface area contributed by atoms with Gasteiger partial charge in [0.2, 0.25) is 0 Å². The Morgan fingerprint density at radius 3 is 2.60 bits per heavy atom. The van der Waals surface area contributed by atoms with Gasteiger partial charge in [-0.2, -0.15) is 0 Å². The molecule has 0 saturated heterocycles. The number of anilines is 1. The number of fused-ring (bicyclic) bond motifs is 1. The second kappa shape index (κ2) is 5.76. The van der Waals surface area contributed by atoms with E-state index in [0.717, 1.165) is 17.7 Å². The number of rotatable bonds is 3. The van der Waals surface area contributed by atoms with Crippen LogP contribution >= 0.6 is 11.6 Å². The molecule has 0 aliphatic heterocycles. The molecule has 0 atom stereocenters. The monoisotopic (exact) mass is 287 g/mol. The molecular weight excluding hydrogens is 270 g/mol. The first-order valence-corrected chi connectivity index (χ1v) is 7.39. The molecule has 0 radical (unpaired) electrons. The van der Waals surface area contributed by atoms with E-state index in [-0.39, 0.29) is 0 Å². The van der Waals surface area contributed by atoms with Crippen molar-refractivity contribution in [2.24, 2.45) is 0 Å². The summed E-state index contributed by atoms with van der Waals surface area (Å²) in [7, 11) is 0. The fourth-order valence-electron chi connectivity index (χ4n) is 2.66. The normalized spacial score (nSPS) is 13.8. The van der Waals surface area contributed by atoms with Crippen LogP contribution in [0.1, 0.15) is 29.5 Å². The Kier molecular flexibility index (Phi) is 3.83. The average Bonchev–Trinajstić information content (AvgIpc) is 2.46. The molecule has 0 spiro atoms. The van der Waals surface area contributed by atoms with Crippen LogP contribution in [-0.4, -0.2) is 0 Å². The first-order valence-electron chi connectivity index (χ1n) is 7.01. The molecule has 0 amide bonds. The number of nitrogens with two attached hydrogens (primary N) is 1. The van der Waals surface area contributed by atoms with Gasteiger partial charge in [-0.25, -0.2) is 0 Å². The van der Waals surface area contributed by atoms with Crippen LogP contribution < -0.4 is 10.5 Å². The van der Waals surface area contributed by atoms with Crippen LogP contribution in [0.5, 0.6) is 5.75 Å². The molecule has 1 aliphatic rings. The summed E-state index contributed by atoms with van der Waals surface area (Å²) in [5, 5.41) is 0.653. The Bertz CT molecular complexity index is 624. The summed E-state index contributed by atoms with van der Waals surface area (Å²) in [4.78, 5) is 0. The maximum absolute atomic E-state index is 5.93. The third kappa shape index (κ3) is 2.91. The SMILES string of the molecule is Nc1cc(Cl)ccc1COc1ccc2c(c1)CCCC2. The van der Waals surface area contributed by atoms with E-state index in [1.165, 1.54) is 30.4 Å². The van der Waals surface area contributed by atoms with Crippen molar-refractivity contribution in [1.82, 2.24) is 0 Å². The smallest absolute Gasteiger partial charge is 0.120 e. The summed E-state index contributed by atoms with van der Waals surface area (Å²) in [6.45, 7) is 0.474. The lowest BCUT2D eigenvalue weighted by atomic mass is 9.92. The van der Waals surface area contributed by atoms with Crippen LogP contribution in [0.15, 0.2) is 36.4 Å². The zero-order chi connectivity index (χ0) is 13.9. The quantitative estimate of drug-likeness (QED) is 0.850. The van der Waals surface area contributed by atoms with Crippen molar-refractivity contribution in [3.63, 3.8) is 0 Å². The van der Waals surface area contributed by atoms with Gasteiger partial charge in [-0.3, -0.25) is 0 Å². The first-order chi connectivity index (χ1) is 9.72. The van der Waals surface area contributed by atoms with E-state index in [4.69, 9.17) is 22.1 Å².